The van der Waals surface area contributed by atoms with Crippen LogP contribution in [0.25, 0.3) is 0 Å². The van der Waals surface area contributed by atoms with E-state index in [4.69, 9.17) is 11.6 Å². The predicted molar refractivity (Wildman–Crippen MR) is 93.6 cm³/mol. The van der Waals surface area contributed by atoms with Gasteiger partial charge >= 0.3 is 0 Å². The SMILES string of the molecule is CC(=O)N(CCCN(C)C)CC(=O)NCCc1cccc(Cl)c1. The minimum Gasteiger partial charge on any atom is -0.354 e. The second-order valence-electron chi connectivity index (χ2n) is 5.83. The van der Waals surface area contributed by atoms with Gasteiger partial charge < -0.3 is 15.1 Å². The number of hydrogen-bond acceptors (Lipinski definition) is 3. The molecule has 1 aromatic carbocycles. The van der Waals surface area contributed by atoms with Gasteiger partial charge in [-0.3, -0.25) is 9.59 Å². The van der Waals surface area contributed by atoms with E-state index in [0.29, 0.717) is 24.5 Å². The number of carbonyl (C=O) groups excluding carboxylic acids is 2. The monoisotopic (exact) mass is 339 g/mol. The third-order valence-electron chi connectivity index (χ3n) is 3.44. The van der Waals surface area contributed by atoms with Crippen molar-refractivity contribution in [2.24, 2.45) is 0 Å². The first-order valence-corrected chi connectivity index (χ1v) is 8.17. The molecule has 23 heavy (non-hydrogen) atoms. The first-order valence-electron chi connectivity index (χ1n) is 7.80. The number of benzene rings is 1. The summed E-state index contributed by atoms with van der Waals surface area (Å²) in [6.07, 6.45) is 1.56. The number of halogens is 1. The largest absolute Gasteiger partial charge is 0.354 e. The van der Waals surface area contributed by atoms with E-state index >= 15 is 0 Å². The maximum absolute atomic E-state index is 12.0. The summed E-state index contributed by atoms with van der Waals surface area (Å²) in [6, 6.07) is 7.57. The van der Waals surface area contributed by atoms with Gasteiger partial charge in [-0.15, -0.1) is 0 Å². The highest BCUT2D eigenvalue weighted by Gasteiger charge is 2.13. The van der Waals surface area contributed by atoms with Crippen molar-refractivity contribution in [1.29, 1.82) is 0 Å². The molecule has 128 valence electrons. The lowest BCUT2D eigenvalue weighted by atomic mass is 10.1. The van der Waals surface area contributed by atoms with E-state index in [-0.39, 0.29) is 18.4 Å². The molecule has 0 spiro atoms. The van der Waals surface area contributed by atoms with Crippen molar-refractivity contribution >= 4 is 23.4 Å². The fourth-order valence-electron chi connectivity index (χ4n) is 2.19. The Balaban J connectivity index is 2.33. The lowest BCUT2D eigenvalue weighted by Crippen LogP contribution is -2.41. The summed E-state index contributed by atoms with van der Waals surface area (Å²) in [6.45, 7) is 3.62. The van der Waals surface area contributed by atoms with Crippen molar-refractivity contribution in [3.05, 3.63) is 34.9 Å². The van der Waals surface area contributed by atoms with Gasteiger partial charge in [-0.05, 0) is 51.2 Å². The van der Waals surface area contributed by atoms with E-state index in [1.807, 2.05) is 38.4 Å². The Morgan fingerprint density at radius 2 is 1.96 bits per heavy atom. The summed E-state index contributed by atoms with van der Waals surface area (Å²) in [5.74, 6) is -0.208. The summed E-state index contributed by atoms with van der Waals surface area (Å²) in [5, 5.41) is 3.54. The van der Waals surface area contributed by atoms with Gasteiger partial charge in [0.25, 0.3) is 0 Å². The van der Waals surface area contributed by atoms with Gasteiger partial charge in [0.1, 0.15) is 0 Å². The maximum Gasteiger partial charge on any atom is 0.239 e. The number of carbonyl (C=O) groups is 2. The molecule has 0 saturated carbocycles. The zero-order valence-corrected chi connectivity index (χ0v) is 14.9. The normalized spacial score (nSPS) is 10.7. The summed E-state index contributed by atoms with van der Waals surface area (Å²) < 4.78 is 0. The van der Waals surface area contributed by atoms with E-state index in [9.17, 15) is 9.59 Å². The second kappa shape index (κ2) is 10.2. The summed E-state index contributed by atoms with van der Waals surface area (Å²) >= 11 is 5.93. The third-order valence-corrected chi connectivity index (χ3v) is 3.67. The molecule has 0 radical (unpaired) electrons. The molecule has 0 aromatic heterocycles. The zero-order chi connectivity index (χ0) is 17.2. The van der Waals surface area contributed by atoms with Gasteiger partial charge in [-0.1, -0.05) is 23.7 Å². The zero-order valence-electron chi connectivity index (χ0n) is 14.1. The fourth-order valence-corrected chi connectivity index (χ4v) is 2.41. The summed E-state index contributed by atoms with van der Waals surface area (Å²) in [5.41, 5.74) is 1.08. The molecule has 0 bridgehead atoms. The Hall–Kier alpha value is -1.59. The molecule has 0 atom stereocenters. The number of nitrogens with one attached hydrogen (secondary N) is 1. The Kier molecular flexibility index (Phi) is 8.66. The lowest BCUT2D eigenvalue weighted by molar-refractivity contribution is -0.134. The van der Waals surface area contributed by atoms with Crippen molar-refractivity contribution < 1.29 is 9.59 Å². The van der Waals surface area contributed by atoms with Crippen molar-refractivity contribution in [2.75, 3.05) is 40.3 Å². The lowest BCUT2D eigenvalue weighted by Gasteiger charge is -2.21. The molecule has 0 aliphatic heterocycles. The van der Waals surface area contributed by atoms with Crippen LogP contribution in [-0.2, 0) is 16.0 Å². The van der Waals surface area contributed by atoms with E-state index in [1.165, 1.54) is 6.92 Å². The average Bonchev–Trinajstić information content (AvgIpc) is 2.45. The molecule has 0 unspecified atom stereocenters. The first kappa shape index (κ1) is 19.5. The van der Waals surface area contributed by atoms with E-state index < -0.39 is 0 Å². The van der Waals surface area contributed by atoms with Crippen LogP contribution in [0.15, 0.2) is 24.3 Å². The number of nitrogens with zero attached hydrogens (tertiary/aromatic N) is 2. The van der Waals surface area contributed by atoms with E-state index in [2.05, 4.69) is 10.2 Å². The Bertz CT molecular complexity index is 520. The van der Waals surface area contributed by atoms with Gasteiger partial charge in [0.2, 0.25) is 11.8 Å². The molecule has 5 nitrogen and oxygen atoms in total. The average molecular weight is 340 g/mol. The molecular weight excluding hydrogens is 314 g/mol. The number of hydrogen-bond donors (Lipinski definition) is 1. The molecule has 2 amide bonds. The minimum atomic E-state index is -0.132. The highest BCUT2D eigenvalue weighted by molar-refractivity contribution is 6.30. The Morgan fingerprint density at radius 3 is 2.57 bits per heavy atom. The quantitative estimate of drug-likeness (QED) is 0.746. The van der Waals surface area contributed by atoms with Crippen LogP contribution in [0.4, 0.5) is 0 Å². The minimum absolute atomic E-state index is 0.0752. The molecule has 0 fully saturated rings. The van der Waals surface area contributed by atoms with Gasteiger partial charge in [0.15, 0.2) is 0 Å². The van der Waals surface area contributed by atoms with Crippen LogP contribution in [-0.4, -0.2) is 61.9 Å². The van der Waals surface area contributed by atoms with Crippen molar-refractivity contribution in [3.63, 3.8) is 0 Å². The molecule has 0 aliphatic rings. The third kappa shape index (κ3) is 8.57. The maximum atomic E-state index is 12.0. The van der Waals surface area contributed by atoms with Gasteiger partial charge in [-0.2, -0.15) is 0 Å². The van der Waals surface area contributed by atoms with Crippen LogP contribution in [0.5, 0.6) is 0 Å². The highest BCUT2D eigenvalue weighted by atomic mass is 35.5. The van der Waals surface area contributed by atoms with Crippen molar-refractivity contribution in [2.45, 2.75) is 19.8 Å². The van der Waals surface area contributed by atoms with Gasteiger partial charge in [0.05, 0.1) is 6.54 Å². The Morgan fingerprint density at radius 1 is 1.22 bits per heavy atom. The van der Waals surface area contributed by atoms with E-state index in [1.54, 1.807) is 4.90 Å². The number of rotatable bonds is 9. The standard InChI is InChI=1S/C17H26ClN3O2/c1-14(22)21(11-5-10-20(2)3)13-17(23)19-9-8-15-6-4-7-16(18)12-15/h4,6-7,12H,5,8-11,13H2,1-3H3,(H,19,23). The van der Waals surface area contributed by atoms with Crippen molar-refractivity contribution in [1.82, 2.24) is 15.1 Å². The molecule has 6 heteroatoms. The van der Waals surface area contributed by atoms with Crippen LogP contribution < -0.4 is 5.32 Å². The van der Waals surface area contributed by atoms with Crippen molar-refractivity contribution in [3.8, 4) is 0 Å². The predicted octanol–water partition coefficient (Wildman–Crippen LogP) is 1.80. The van der Waals surface area contributed by atoms with Crippen LogP contribution >= 0.6 is 11.6 Å². The summed E-state index contributed by atoms with van der Waals surface area (Å²) in [7, 11) is 3.97. The fraction of sp³-hybridized carbons (Fsp3) is 0.529. The van der Waals surface area contributed by atoms with Crippen LogP contribution in [0.1, 0.15) is 18.9 Å². The molecule has 0 aliphatic carbocycles. The molecule has 1 N–H and O–H groups in total. The van der Waals surface area contributed by atoms with Crippen LogP contribution in [0.2, 0.25) is 5.02 Å². The molecule has 0 saturated heterocycles. The number of amides is 2. The summed E-state index contributed by atoms with van der Waals surface area (Å²) in [4.78, 5) is 27.2. The van der Waals surface area contributed by atoms with Gasteiger partial charge in [-0.25, -0.2) is 0 Å². The van der Waals surface area contributed by atoms with Crippen LogP contribution in [0, 0.1) is 0 Å². The van der Waals surface area contributed by atoms with Gasteiger partial charge in [0, 0.05) is 25.0 Å². The first-order chi connectivity index (χ1) is 10.9. The molecule has 1 rings (SSSR count). The topological polar surface area (TPSA) is 52.7 Å². The molecule has 0 heterocycles. The molecule has 1 aromatic rings. The van der Waals surface area contributed by atoms with E-state index in [0.717, 1.165) is 18.5 Å². The smallest absolute Gasteiger partial charge is 0.239 e. The second-order valence-corrected chi connectivity index (χ2v) is 6.26. The van der Waals surface area contributed by atoms with Crippen LogP contribution in [0.3, 0.4) is 0 Å². The molecular formula is C17H26ClN3O2. The Labute approximate surface area is 143 Å². The highest BCUT2D eigenvalue weighted by Crippen LogP contribution is 2.10.